The summed E-state index contributed by atoms with van der Waals surface area (Å²) in [5.74, 6) is 0.894. The summed E-state index contributed by atoms with van der Waals surface area (Å²) in [7, 11) is 0. The fourth-order valence-corrected chi connectivity index (χ4v) is 2.49. The first-order valence-corrected chi connectivity index (χ1v) is 7.59. The van der Waals surface area contributed by atoms with Crippen LogP contribution in [-0.2, 0) is 6.54 Å². The molecule has 0 aliphatic heterocycles. The monoisotopic (exact) mass is 325 g/mol. The van der Waals surface area contributed by atoms with Crippen LogP contribution < -0.4 is 0 Å². The largest absolute Gasteiger partial charge is 0.468 e. The molecule has 0 unspecified atom stereocenters. The highest BCUT2D eigenvalue weighted by Gasteiger charge is 2.14. The lowest BCUT2D eigenvalue weighted by Crippen LogP contribution is -2.25. The molecule has 1 aromatic carbocycles. The number of hydrogen-bond acceptors (Lipinski definition) is 3. The molecule has 0 saturated heterocycles. The van der Waals surface area contributed by atoms with E-state index in [-0.39, 0.29) is 5.78 Å². The van der Waals surface area contributed by atoms with E-state index in [1.807, 2.05) is 12.1 Å². The van der Waals surface area contributed by atoms with Crippen molar-refractivity contribution < 1.29 is 9.21 Å². The van der Waals surface area contributed by atoms with E-state index in [1.54, 1.807) is 24.5 Å². The van der Waals surface area contributed by atoms with Crippen LogP contribution in [0.15, 0.2) is 41.0 Å². The van der Waals surface area contributed by atoms with Crippen LogP contribution in [0.5, 0.6) is 0 Å². The second-order valence-corrected chi connectivity index (χ2v) is 5.51. The van der Waals surface area contributed by atoms with Gasteiger partial charge in [0, 0.05) is 18.5 Å². The average molecular weight is 326 g/mol. The number of benzene rings is 1. The second kappa shape index (κ2) is 7.64. The molecule has 0 fully saturated rings. The molecule has 0 amide bonds. The van der Waals surface area contributed by atoms with Crippen LogP contribution in [0.3, 0.4) is 0 Å². The van der Waals surface area contributed by atoms with Gasteiger partial charge in [-0.3, -0.25) is 9.69 Å². The van der Waals surface area contributed by atoms with Crippen molar-refractivity contribution in [1.82, 2.24) is 4.90 Å². The Bertz CT molecular complexity index is 596. The lowest BCUT2D eigenvalue weighted by atomic mass is 10.1. The Morgan fingerprint density at radius 2 is 2.05 bits per heavy atom. The zero-order valence-electron chi connectivity index (χ0n) is 11.8. The smallest absolute Gasteiger partial charge is 0.165 e. The molecular weight excluding hydrogens is 309 g/mol. The minimum absolute atomic E-state index is 0.000366. The summed E-state index contributed by atoms with van der Waals surface area (Å²) in [4.78, 5) is 14.4. The van der Waals surface area contributed by atoms with E-state index in [4.69, 9.17) is 27.6 Å². The number of Topliss-reactive ketones (excluding diaryl/α,β-unsaturated/α-hetero) is 1. The van der Waals surface area contributed by atoms with E-state index in [2.05, 4.69) is 11.8 Å². The molecule has 2 rings (SSSR count). The lowest BCUT2D eigenvalue weighted by molar-refractivity contribution is 0.0962. The minimum atomic E-state index is 0.000366. The highest BCUT2D eigenvalue weighted by Crippen LogP contribution is 2.26. The molecule has 5 heteroatoms. The van der Waals surface area contributed by atoms with Gasteiger partial charge < -0.3 is 4.42 Å². The fourth-order valence-electron chi connectivity index (χ4n) is 2.09. The number of rotatable bonds is 7. The van der Waals surface area contributed by atoms with Gasteiger partial charge in [0.25, 0.3) is 0 Å². The summed E-state index contributed by atoms with van der Waals surface area (Å²) in [6.07, 6.45) is 2.05. The van der Waals surface area contributed by atoms with Crippen LogP contribution >= 0.6 is 23.2 Å². The average Bonchev–Trinajstić information content (AvgIpc) is 2.99. The number of hydrogen-bond donors (Lipinski definition) is 0. The fraction of sp³-hybridized carbons (Fsp3) is 0.312. The first-order valence-electron chi connectivity index (χ1n) is 6.83. The van der Waals surface area contributed by atoms with Gasteiger partial charge in [0.05, 0.1) is 22.9 Å². The van der Waals surface area contributed by atoms with Crippen molar-refractivity contribution in [3.05, 3.63) is 58.0 Å². The molecule has 21 heavy (non-hydrogen) atoms. The predicted octanol–water partition coefficient (Wildman–Crippen LogP) is 4.68. The van der Waals surface area contributed by atoms with Crippen LogP contribution in [0, 0.1) is 0 Å². The highest BCUT2D eigenvalue weighted by atomic mass is 35.5. The Morgan fingerprint density at radius 3 is 2.71 bits per heavy atom. The summed E-state index contributed by atoms with van der Waals surface area (Å²) in [5.41, 5.74) is 0.484. The van der Waals surface area contributed by atoms with Gasteiger partial charge in [-0.1, -0.05) is 36.2 Å². The molecule has 2 aromatic rings. The first-order chi connectivity index (χ1) is 10.1. The third-order valence-electron chi connectivity index (χ3n) is 3.31. The zero-order chi connectivity index (χ0) is 15.2. The van der Waals surface area contributed by atoms with Crippen molar-refractivity contribution in [2.45, 2.75) is 19.9 Å². The van der Waals surface area contributed by atoms with Gasteiger partial charge in [0.1, 0.15) is 5.76 Å². The Kier molecular flexibility index (Phi) is 5.85. The van der Waals surface area contributed by atoms with Gasteiger partial charge in [-0.05, 0) is 30.8 Å². The Hall–Kier alpha value is -1.29. The third-order valence-corrected chi connectivity index (χ3v) is 4.13. The van der Waals surface area contributed by atoms with Crippen LogP contribution in [-0.4, -0.2) is 23.8 Å². The number of ketones is 1. The summed E-state index contributed by atoms with van der Waals surface area (Å²) < 4.78 is 5.33. The molecule has 1 aromatic heterocycles. The van der Waals surface area contributed by atoms with Gasteiger partial charge in [-0.15, -0.1) is 0 Å². The standard InChI is InChI=1S/C16H17Cl2NO2/c1-2-19(11-12-5-4-10-21-12)9-8-15(20)13-6-3-7-14(17)16(13)18/h3-7,10H,2,8-9,11H2,1H3. The molecule has 1 heterocycles. The van der Waals surface area contributed by atoms with E-state index >= 15 is 0 Å². The lowest BCUT2D eigenvalue weighted by Gasteiger charge is -2.18. The Balaban J connectivity index is 1.94. The molecule has 0 aliphatic carbocycles. The van der Waals surface area contributed by atoms with Crippen LogP contribution in [0.25, 0.3) is 0 Å². The maximum Gasteiger partial charge on any atom is 0.165 e. The number of furan rings is 1. The normalized spacial score (nSPS) is 11.0. The van der Waals surface area contributed by atoms with Gasteiger partial charge in [0.15, 0.2) is 5.78 Å². The van der Waals surface area contributed by atoms with Crippen molar-refractivity contribution in [3.8, 4) is 0 Å². The van der Waals surface area contributed by atoms with E-state index in [1.165, 1.54) is 0 Å². The zero-order valence-corrected chi connectivity index (χ0v) is 13.3. The molecule has 0 aliphatic rings. The molecule has 0 spiro atoms. The van der Waals surface area contributed by atoms with E-state index in [0.29, 0.717) is 35.1 Å². The van der Waals surface area contributed by atoms with Crippen molar-refractivity contribution in [3.63, 3.8) is 0 Å². The summed E-state index contributed by atoms with van der Waals surface area (Å²) in [5, 5.41) is 0.740. The number of halogens is 2. The van der Waals surface area contributed by atoms with Crippen LogP contribution in [0.2, 0.25) is 10.0 Å². The van der Waals surface area contributed by atoms with Crippen molar-refractivity contribution in [2.75, 3.05) is 13.1 Å². The Morgan fingerprint density at radius 1 is 1.24 bits per heavy atom. The molecule has 3 nitrogen and oxygen atoms in total. The molecule has 0 radical (unpaired) electrons. The van der Waals surface area contributed by atoms with Crippen molar-refractivity contribution in [2.24, 2.45) is 0 Å². The first kappa shape index (κ1) is 16.1. The molecular formula is C16H17Cl2NO2. The van der Waals surface area contributed by atoms with Gasteiger partial charge in [-0.2, -0.15) is 0 Å². The topological polar surface area (TPSA) is 33.5 Å². The highest BCUT2D eigenvalue weighted by molar-refractivity contribution is 6.43. The van der Waals surface area contributed by atoms with Gasteiger partial charge in [0.2, 0.25) is 0 Å². The van der Waals surface area contributed by atoms with E-state index in [9.17, 15) is 4.79 Å². The number of carbonyl (C=O) groups is 1. The van der Waals surface area contributed by atoms with Crippen LogP contribution in [0.1, 0.15) is 29.5 Å². The molecule has 0 N–H and O–H groups in total. The SMILES string of the molecule is CCN(CCC(=O)c1cccc(Cl)c1Cl)Cc1ccco1. The molecule has 0 saturated carbocycles. The van der Waals surface area contributed by atoms with Crippen molar-refractivity contribution >= 4 is 29.0 Å². The molecule has 0 atom stereocenters. The predicted molar refractivity (Wildman–Crippen MR) is 85.1 cm³/mol. The summed E-state index contributed by atoms with van der Waals surface area (Å²) >= 11 is 12.0. The Labute approximate surface area is 134 Å². The van der Waals surface area contributed by atoms with Crippen LogP contribution in [0.4, 0.5) is 0 Å². The number of nitrogens with zero attached hydrogens (tertiary/aromatic N) is 1. The third kappa shape index (κ3) is 4.34. The van der Waals surface area contributed by atoms with Crippen molar-refractivity contribution in [1.29, 1.82) is 0 Å². The van der Waals surface area contributed by atoms with Gasteiger partial charge in [-0.25, -0.2) is 0 Å². The summed E-state index contributed by atoms with van der Waals surface area (Å²) in [6.45, 7) is 4.25. The quantitative estimate of drug-likeness (QED) is 0.693. The molecule has 112 valence electrons. The molecule has 0 bridgehead atoms. The number of carbonyl (C=O) groups excluding carboxylic acids is 1. The van der Waals surface area contributed by atoms with Gasteiger partial charge >= 0.3 is 0 Å². The maximum atomic E-state index is 12.2. The van der Waals surface area contributed by atoms with E-state index < -0.39 is 0 Å². The minimum Gasteiger partial charge on any atom is -0.468 e. The van der Waals surface area contributed by atoms with E-state index in [0.717, 1.165) is 12.3 Å². The second-order valence-electron chi connectivity index (χ2n) is 4.72. The maximum absolute atomic E-state index is 12.2. The summed E-state index contributed by atoms with van der Waals surface area (Å²) in [6, 6.07) is 8.91.